The molecule has 6 heteroatoms. The van der Waals surface area contributed by atoms with Gasteiger partial charge in [-0.25, -0.2) is 0 Å². The van der Waals surface area contributed by atoms with Crippen LogP contribution in [0.2, 0.25) is 5.02 Å². The van der Waals surface area contributed by atoms with Crippen molar-refractivity contribution in [1.82, 2.24) is 5.32 Å². The molecular formula is C21H23ClN2O3. The van der Waals surface area contributed by atoms with E-state index in [-0.39, 0.29) is 24.2 Å². The van der Waals surface area contributed by atoms with Crippen LogP contribution in [0.25, 0.3) is 0 Å². The minimum absolute atomic E-state index is 0.0507. The first kappa shape index (κ1) is 19.2. The Labute approximate surface area is 164 Å². The van der Waals surface area contributed by atoms with Gasteiger partial charge in [-0.15, -0.1) is 0 Å². The minimum Gasteiger partial charge on any atom is -0.496 e. The van der Waals surface area contributed by atoms with Crippen molar-refractivity contribution in [2.45, 2.75) is 19.8 Å². The second-order valence-corrected chi connectivity index (χ2v) is 7.05. The van der Waals surface area contributed by atoms with Crippen LogP contribution in [0.3, 0.4) is 0 Å². The molecule has 1 fully saturated rings. The molecule has 1 saturated heterocycles. The highest BCUT2D eigenvalue weighted by Crippen LogP contribution is 2.31. The second kappa shape index (κ2) is 8.44. The number of halogens is 1. The van der Waals surface area contributed by atoms with Crippen LogP contribution in [0.15, 0.2) is 42.5 Å². The number of nitrogens with zero attached hydrogens (tertiary/aromatic N) is 1. The molecule has 2 aromatic carbocycles. The number of rotatable bonds is 6. The Hall–Kier alpha value is -2.53. The van der Waals surface area contributed by atoms with E-state index in [4.69, 9.17) is 16.3 Å². The van der Waals surface area contributed by atoms with Crippen molar-refractivity contribution in [2.24, 2.45) is 5.92 Å². The standard InChI is InChI=1S/C21H23ClN2O3/c1-14-17(22)7-5-8-18(14)24-13-16(12-20(24)25)21(26)23-11-10-15-6-3-4-9-19(15)27-2/h3-9,16H,10-13H2,1-2H3,(H,23,26). The topological polar surface area (TPSA) is 58.6 Å². The summed E-state index contributed by atoms with van der Waals surface area (Å²) >= 11 is 6.16. The summed E-state index contributed by atoms with van der Waals surface area (Å²) in [5.41, 5.74) is 2.67. The number of benzene rings is 2. The van der Waals surface area contributed by atoms with Gasteiger partial charge >= 0.3 is 0 Å². The lowest BCUT2D eigenvalue weighted by atomic mass is 10.1. The zero-order chi connectivity index (χ0) is 19.4. The maximum Gasteiger partial charge on any atom is 0.227 e. The molecule has 0 aliphatic carbocycles. The van der Waals surface area contributed by atoms with Crippen molar-refractivity contribution in [3.63, 3.8) is 0 Å². The molecule has 3 rings (SSSR count). The molecule has 1 atom stereocenters. The van der Waals surface area contributed by atoms with E-state index < -0.39 is 0 Å². The monoisotopic (exact) mass is 386 g/mol. The van der Waals surface area contributed by atoms with E-state index in [1.54, 1.807) is 18.1 Å². The molecule has 1 heterocycles. The molecule has 1 aliphatic heterocycles. The summed E-state index contributed by atoms with van der Waals surface area (Å²) < 4.78 is 5.33. The van der Waals surface area contributed by atoms with Crippen molar-refractivity contribution >= 4 is 29.1 Å². The van der Waals surface area contributed by atoms with Crippen molar-refractivity contribution in [2.75, 3.05) is 25.1 Å². The number of para-hydroxylation sites is 1. The van der Waals surface area contributed by atoms with Crippen molar-refractivity contribution in [3.05, 3.63) is 58.6 Å². The third kappa shape index (κ3) is 4.25. The Morgan fingerprint density at radius 2 is 2.04 bits per heavy atom. The number of ether oxygens (including phenoxy) is 1. The second-order valence-electron chi connectivity index (χ2n) is 6.64. The predicted molar refractivity (Wildman–Crippen MR) is 106 cm³/mol. The van der Waals surface area contributed by atoms with Crippen LogP contribution in [-0.4, -0.2) is 32.0 Å². The van der Waals surface area contributed by atoms with Crippen LogP contribution in [0.4, 0.5) is 5.69 Å². The van der Waals surface area contributed by atoms with Gasteiger partial charge in [0.25, 0.3) is 0 Å². The smallest absolute Gasteiger partial charge is 0.227 e. The number of carbonyl (C=O) groups excluding carboxylic acids is 2. The van der Waals surface area contributed by atoms with Gasteiger partial charge in [0.2, 0.25) is 11.8 Å². The third-order valence-corrected chi connectivity index (χ3v) is 5.32. The molecule has 2 amide bonds. The van der Waals surface area contributed by atoms with Gasteiger partial charge < -0.3 is 15.0 Å². The van der Waals surface area contributed by atoms with Crippen molar-refractivity contribution in [1.29, 1.82) is 0 Å². The summed E-state index contributed by atoms with van der Waals surface area (Å²) in [5, 5.41) is 3.56. The Balaban J connectivity index is 1.58. The molecule has 27 heavy (non-hydrogen) atoms. The largest absolute Gasteiger partial charge is 0.496 e. The fraction of sp³-hybridized carbons (Fsp3) is 0.333. The molecule has 1 N–H and O–H groups in total. The molecule has 2 aromatic rings. The molecule has 0 saturated carbocycles. The Morgan fingerprint density at radius 1 is 1.26 bits per heavy atom. The molecule has 0 radical (unpaired) electrons. The van der Waals surface area contributed by atoms with Gasteiger partial charge in [-0.2, -0.15) is 0 Å². The van der Waals surface area contributed by atoms with Gasteiger partial charge in [-0.3, -0.25) is 9.59 Å². The normalized spacial score (nSPS) is 16.5. The number of amides is 2. The first-order chi connectivity index (χ1) is 13.0. The van der Waals surface area contributed by atoms with E-state index in [0.717, 1.165) is 22.6 Å². The van der Waals surface area contributed by atoms with E-state index in [2.05, 4.69) is 5.32 Å². The number of hydrogen-bond donors (Lipinski definition) is 1. The summed E-state index contributed by atoms with van der Waals surface area (Å²) in [5.74, 6) is 0.310. The van der Waals surface area contributed by atoms with E-state index in [0.29, 0.717) is 24.5 Å². The number of methoxy groups -OCH3 is 1. The van der Waals surface area contributed by atoms with E-state index in [9.17, 15) is 9.59 Å². The zero-order valence-corrected chi connectivity index (χ0v) is 16.3. The van der Waals surface area contributed by atoms with Gasteiger partial charge in [-0.1, -0.05) is 35.9 Å². The lowest BCUT2D eigenvalue weighted by molar-refractivity contribution is -0.126. The molecule has 0 spiro atoms. The van der Waals surface area contributed by atoms with Crippen molar-refractivity contribution < 1.29 is 14.3 Å². The average molecular weight is 387 g/mol. The summed E-state index contributed by atoms with van der Waals surface area (Å²) in [6.07, 6.45) is 0.889. The average Bonchev–Trinajstić information content (AvgIpc) is 3.06. The Kier molecular flexibility index (Phi) is 6.01. The highest BCUT2D eigenvalue weighted by atomic mass is 35.5. The van der Waals surface area contributed by atoms with Gasteiger partial charge in [0.15, 0.2) is 0 Å². The van der Waals surface area contributed by atoms with Crippen LogP contribution in [0, 0.1) is 12.8 Å². The molecule has 142 valence electrons. The number of carbonyl (C=O) groups is 2. The number of hydrogen-bond acceptors (Lipinski definition) is 3. The van der Waals surface area contributed by atoms with Crippen LogP contribution in [0.5, 0.6) is 5.75 Å². The summed E-state index contributed by atoms with van der Waals surface area (Å²) in [4.78, 5) is 26.6. The van der Waals surface area contributed by atoms with Crippen LogP contribution in [0.1, 0.15) is 17.5 Å². The van der Waals surface area contributed by atoms with Gasteiger partial charge in [0, 0.05) is 30.2 Å². The summed E-state index contributed by atoms with van der Waals surface area (Å²) in [7, 11) is 1.63. The SMILES string of the molecule is COc1ccccc1CCNC(=O)C1CC(=O)N(c2cccc(Cl)c2C)C1. The minimum atomic E-state index is -0.353. The zero-order valence-electron chi connectivity index (χ0n) is 15.5. The lowest BCUT2D eigenvalue weighted by Crippen LogP contribution is -2.34. The Bertz CT molecular complexity index is 853. The number of nitrogens with one attached hydrogen (secondary N) is 1. The molecule has 1 aliphatic rings. The van der Waals surface area contributed by atoms with Crippen molar-refractivity contribution in [3.8, 4) is 5.75 Å². The Morgan fingerprint density at radius 3 is 2.81 bits per heavy atom. The van der Waals surface area contributed by atoms with Crippen LogP contribution < -0.4 is 15.0 Å². The molecule has 0 aromatic heterocycles. The molecular weight excluding hydrogens is 364 g/mol. The fourth-order valence-electron chi connectivity index (χ4n) is 3.38. The van der Waals surface area contributed by atoms with Gasteiger partial charge in [0.05, 0.1) is 13.0 Å². The molecule has 0 bridgehead atoms. The van der Waals surface area contributed by atoms with Crippen LogP contribution in [-0.2, 0) is 16.0 Å². The van der Waals surface area contributed by atoms with E-state index in [1.165, 1.54) is 0 Å². The highest BCUT2D eigenvalue weighted by molar-refractivity contribution is 6.31. The quantitative estimate of drug-likeness (QED) is 0.828. The number of anilines is 1. The van der Waals surface area contributed by atoms with E-state index >= 15 is 0 Å². The van der Waals surface area contributed by atoms with Gasteiger partial charge in [0.1, 0.15) is 5.75 Å². The first-order valence-electron chi connectivity index (χ1n) is 8.96. The maximum absolute atomic E-state index is 12.5. The fourth-order valence-corrected chi connectivity index (χ4v) is 3.55. The van der Waals surface area contributed by atoms with E-state index in [1.807, 2.05) is 43.3 Å². The summed E-state index contributed by atoms with van der Waals surface area (Å²) in [6, 6.07) is 13.2. The maximum atomic E-state index is 12.5. The highest BCUT2D eigenvalue weighted by Gasteiger charge is 2.35. The third-order valence-electron chi connectivity index (χ3n) is 4.91. The van der Waals surface area contributed by atoms with Crippen LogP contribution >= 0.6 is 11.6 Å². The summed E-state index contributed by atoms with van der Waals surface area (Å²) in [6.45, 7) is 2.76. The molecule has 5 nitrogen and oxygen atoms in total. The predicted octanol–water partition coefficient (Wildman–Crippen LogP) is 3.37. The first-order valence-corrected chi connectivity index (χ1v) is 9.34. The van der Waals surface area contributed by atoms with Gasteiger partial charge in [-0.05, 0) is 42.7 Å². The lowest BCUT2D eigenvalue weighted by Gasteiger charge is -2.19. The molecule has 1 unspecified atom stereocenters.